The van der Waals surface area contributed by atoms with E-state index < -0.39 is 5.97 Å². The van der Waals surface area contributed by atoms with Gasteiger partial charge in [0.1, 0.15) is 0 Å². The van der Waals surface area contributed by atoms with Crippen molar-refractivity contribution < 1.29 is 14.3 Å². The summed E-state index contributed by atoms with van der Waals surface area (Å²) < 4.78 is 5.28. The van der Waals surface area contributed by atoms with Crippen LogP contribution >= 0.6 is 11.6 Å². The fraction of sp³-hybridized carbons (Fsp3) is 0.231. The molecule has 0 unspecified atom stereocenters. The molecular weight excluding hydrogens is 254 g/mol. The summed E-state index contributed by atoms with van der Waals surface area (Å²) in [7, 11) is 0. The van der Waals surface area contributed by atoms with E-state index in [1.54, 1.807) is 12.1 Å². The van der Waals surface area contributed by atoms with Crippen LogP contribution in [0.25, 0.3) is 11.5 Å². The van der Waals surface area contributed by atoms with E-state index in [9.17, 15) is 4.79 Å². The van der Waals surface area contributed by atoms with E-state index in [0.717, 1.165) is 5.56 Å². The number of carbonyl (C=O) groups is 1. The fourth-order valence-corrected chi connectivity index (χ4v) is 1.98. The van der Waals surface area contributed by atoms with Gasteiger partial charge in [-0.1, -0.05) is 24.6 Å². The van der Waals surface area contributed by atoms with Crippen molar-refractivity contribution in [3.05, 3.63) is 40.2 Å². The van der Waals surface area contributed by atoms with E-state index in [-0.39, 0.29) is 11.7 Å². The van der Waals surface area contributed by atoms with Crippen LogP contribution in [0.1, 0.15) is 28.7 Å². The van der Waals surface area contributed by atoms with E-state index in [2.05, 4.69) is 4.98 Å². The molecule has 18 heavy (non-hydrogen) atoms. The van der Waals surface area contributed by atoms with Crippen LogP contribution in [-0.4, -0.2) is 16.1 Å². The lowest BCUT2D eigenvalue weighted by atomic mass is 10.1. The molecule has 0 saturated heterocycles. The van der Waals surface area contributed by atoms with E-state index in [0.29, 0.717) is 22.7 Å². The summed E-state index contributed by atoms with van der Waals surface area (Å²) >= 11 is 6.10. The molecule has 1 N–H and O–H groups in total. The van der Waals surface area contributed by atoms with Crippen LogP contribution in [0.15, 0.2) is 22.6 Å². The Balaban J connectivity index is 2.54. The zero-order chi connectivity index (χ0) is 13.3. The molecule has 0 aliphatic carbocycles. The number of halogens is 1. The maximum Gasteiger partial charge on any atom is 0.373 e. The molecule has 1 aromatic heterocycles. The largest absolute Gasteiger partial charge is 0.475 e. The molecule has 94 valence electrons. The van der Waals surface area contributed by atoms with E-state index in [4.69, 9.17) is 21.1 Å². The standard InChI is InChI=1S/C13H12ClNO3/c1-3-10-11(13(16)17)18-12(15-10)8-5-4-7(2)6-9(8)14/h4-6H,3H2,1-2H3,(H,16,17). The molecule has 0 atom stereocenters. The summed E-state index contributed by atoms with van der Waals surface area (Å²) in [6.45, 7) is 3.75. The molecule has 0 aliphatic rings. The fourth-order valence-electron chi connectivity index (χ4n) is 1.67. The Morgan fingerprint density at radius 2 is 2.22 bits per heavy atom. The second kappa shape index (κ2) is 4.82. The van der Waals surface area contributed by atoms with Crippen molar-refractivity contribution >= 4 is 17.6 Å². The minimum absolute atomic E-state index is 0.121. The molecule has 0 saturated carbocycles. The normalized spacial score (nSPS) is 10.6. The number of rotatable bonds is 3. The molecule has 0 amide bonds. The molecule has 2 aromatic rings. The third-order valence-electron chi connectivity index (χ3n) is 2.58. The second-order valence-electron chi connectivity index (χ2n) is 3.94. The molecular formula is C13H12ClNO3. The first-order valence-corrected chi connectivity index (χ1v) is 5.90. The number of hydrogen-bond donors (Lipinski definition) is 1. The Hall–Kier alpha value is -1.81. The van der Waals surface area contributed by atoms with Gasteiger partial charge in [0.25, 0.3) is 0 Å². The molecule has 0 spiro atoms. The Labute approximate surface area is 109 Å². The quantitative estimate of drug-likeness (QED) is 0.921. The smallest absolute Gasteiger partial charge is 0.373 e. The molecule has 0 bridgehead atoms. The Kier molecular flexibility index (Phi) is 3.39. The van der Waals surface area contributed by atoms with Crippen LogP contribution in [-0.2, 0) is 6.42 Å². The van der Waals surface area contributed by atoms with Gasteiger partial charge in [-0.15, -0.1) is 0 Å². The zero-order valence-electron chi connectivity index (χ0n) is 10.0. The van der Waals surface area contributed by atoms with Gasteiger partial charge in [0, 0.05) is 0 Å². The van der Waals surface area contributed by atoms with Gasteiger partial charge in [-0.2, -0.15) is 0 Å². The van der Waals surface area contributed by atoms with Gasteiger partial charge < -0.3 is 9.52 Å². The highest BCUT2D eigenvalue weighted by Crippen LogP contribution is 2.29. The summed E-state index contributed by atoms with van der Waals surface area (Å²) in [6, 6.07) is 5.43. The van der Waals surface area contributed by atoms with Crippen molar-refractivity contribution in [2.45, 2.75) is 20.3 Å². The van der Waals surface area contributed by atoms with Gasteiger partial charge in [0.05, 0.1) is 16.3 Å². The van der Waals surface area contributed by atoms with Crippen molar-refractivity contribution in [2.24, 2.45) is 0 Å². The first-order chi connectivity index (χ1) is 8.52. The molecule has 0 aliphatic heterocycles. The van der Waals surface area contributed by atoms with Gasteiger partial charge in [0.2, 0.25) is 11.7 Å². The number of carboxylic acids is 1. The van der Waals surface area contributed by atoms with Crippen molar-refractivity contribution in [1.82, 2.24) is 4.98 Å². The van der Waals surface area contributed by atoms with Crippen LogP contribution in [0.5, 0.6) is 0 Å². The number of nitrogens with zero attached hydrogens (tertiary/aromatic N) is 1. The first kappa shape index (κ1) is 12.6. The van der Waals surface area contributed by atoms with Crippen molar-refractivity contribution in [1.29, 1.82) is 0 Å². The Bertz CT molecular complexity index is 604. The highest BCUT2D eigenvalue weighted by Gasteiger charge is 2.20. The summed E-state index contributed by atoms with van der Waals surface area (Å²) in [5, 5.41) is 9.50. The summed E-state index contributed by atoms with van der Waals surface area (Å²) in [5.41, 5.74) is 2.04. The van der Waals surface area contributed by atoms with Crippen LogP contribution < -0.4 is 0 Å². The summed E-state index contributed by atoms with van der Waals surface area (Å²) in [4.78, 5) is 15.2. The van der Waals surface area contributed by atoms with Gasteiger partial charge in [-0.3, -0.25) is 0 Å². The Morgan fingerprint density at radius 3 is 2.72 bits per heavy atom. The van der Waals surface area contributed by atoms with Crippen molar-refractivity contribution in [3.63, 3.8) is 0 Å². The predicted molar refractivity (Wildman–Crippen MR) is 68.0 cm³/mol. The Morgan fingerprint density at radius 1 is 1.50 bits per heavy atom. The first-order valence-electron chi connectivity index (χ1n) is 5.52. The van der Waals surface area contributed by atoms with Crippen molar-refractivity contribution in [3.8, 4) is 11.5 Å². The predicted octanol–water partition coefficient (Wildman–Crippen LogP) is 3.56. The highest BCUT2D eigenvalue weighted by molar-refractivity contribution is 6.33. The van der Waals surface area contributed by atoms with Gasteiger partial charge in [-0.25, -0.2) is 9.78 Å². The minimum atomic E-state index is -1.12. The molecule has 0 fully saturated rings. The van der Waals surface area contributed by atoms with Gasteiger partial charge in [0.15, 0.2) is 0 Å². The number of hydrogen-bond acceptors (Lipinski definition) is 3. The van der Waals surface area contributed by atoms with Gasteiger partial charge in [-0.05, 0) is 31.0 Å². The van der Waals surface area contributed by atoms with E-state index in [1.165, 1.54) is 0 Å². The van der Waals surface area contributed by atoms with Crippen molar-refractivity contribution in [2.75, 3.05) is 0 Å². The maximum absolute atomic E-state index is 11.0. The monoisotopic (exact) mass is 265 g/mol. The molecule has 1 aromatic carbocycles. The molecule has 5 heteroatoms. The molecule has 2 rings (SSSR count). The number of oxazole rings is 1. The molecule has 4 nitrogen and oxygen atoms in total. The number of carboxylic acid groups (broad SMARTS) is 1. The third-order valence-corrected chi connectivity index (χ3v) is 2.89. The van der Waals surface area contributed by atoms with E-state index in [1.807, 2.05) is 19.9 Å². The third kappa shape index (κ3) is 2.24. The number of benzene rings is 1. The van der Waals surface area contributed by atoms with Gasteiger partial charge >= 0.3 is 5.97 Å². The average Bonchev–Trinajstić information content (AvgIpc) is 2.73. The minimum Gasteiger partial charge on any atom is -0.475 e. The van der Waals surface area contributed by atoms with Crippen LogP contribution in [0.3, 0.4) is 0 Å². The highest BCUT2D eigenvalue weighted by atomic mass is 35.5. The SMILES string of the molecule is CCc1nc(-c2ccc(C)cc2Cl)oc1C(=O)O. The summed E-state index contributed by atoms with van der Waals surface area (Å²) in [5.74, 6) is -0.993. The summed E-state index contributed by atoms with van der Waals surface area (Å²) in [6.07, 6.45) is 0.495. The van der Waals surface area contributed by atoms with Crippen LogP contribution in [0, 0.1) is 6.92 Å². The lowest BCUT2D eigenvalue weighted by Crippen LogP contribution is -1.98. The second-order valence-corrected chi connectivity index (χ2v) is 4.34. The number of aromatic nitrogens is 1. The number of aryl methyl sites for hydroxylation is 2. The topological polar surface area (TPSA) is 63.3 Å². The maximum atomic E-state index is 11.0. The average molecular weight is 266 g/mol. The molecule has 0 radical (unpaired) electrons. The van der Waals surface area contributed by atoms with E-state index >= 15 is 0 Å². The zero-order valence-corrected chi connectivity index (χ0v) is 10.8. The number of aromatic carboxylic acids is 1. The van der Waals surface area contributed by atoms with Crippen LogP contribution in [0.4, 0.5) is 0 Å². The lowest BCUT2D eigenvalue weighted by molar-refractivity contribution is 0.0662. The van der Waals surface area contributed by atoms with Crippen LogP contribution in [0.2, 0.25) is 5.02 Å². The lowest BCUT2D eigenvalue weighted by Gasteiger charge is -2.00. The molecule has 1 heterocycles.